The molecule has 0 fully saturated rings. The first-order valence-electron chi connectivity index (χ1n) is 3.38. The van der Waals surface area contributed by atoms with Crippen LogP contribution in [0.5, 0.6) is 5.75 Å². The first-order chi connectivity index (χ1) is 5.74. The SMILES string of the molecule is Clc1ccc(I)cc1OCCBr. The molecule has 0 aliphatic heterocycles. The van der Waals surface area contributed by atoms with E-state index in [1.807, 2.05) is 18.2 Å². The molecule has 66 valence electrons. The minimum Gasteiger partial charge on any atom is -0.491 e. The topological polar surface area (TPSA) is 9.23 Å². The van der Waals surface area contributed by atoms with E-state index in [1.165, 1.54) is 0 Å². The van der Waals surface area contributed by atoms with Gasteiger partial charge in [0.1, 0.15) is 5.75 Å². The van der Waals surface area contributed by atoms with Crippen LogP contribution in [0.3, 0.4) is 0 Å². The molecule has 1 rings (SSSR count). The van der Waals surface area contributed by atoms with E-state index in [4.69, 9.17) is 16.3 Å². The van der Waals surface area contributed by atoms with Gasteiger partial charge in [-0.15, -0.1) is 0 Å². The average Bonchev–Trinajstić information content (AvgIpc) is 2.07. The van der Waals surface area contributed by atoms with E-state index in [0.29, 0.717) is 11.6 Å². The lowest BCUT2D eigenvalue weighted by Gasteiger charge is -2.05. The van der Waals surface area contributed by atoms with Gasteiger partial charge in [-0.2, -0.15) is 0 Å². The van der Waals surface area contributed by atoms with Gasteiger partial charge in [-0.3, -0.25) is 0 Å². The van der Waals surface area contributed by atoms with Crippen LogP contribution >= 0.6 is 50.1 Å². The Bertz CT molecular complexity index is 267. The van der Waals surface area contributed by atoms with E-state index in [9.17, 15) is 0 Å². The Morgan fingerprint density at radius 2 is 2.25 bits per heavy atom. The molecular weight excluding hydrogens is 354 g/mol. The monoisotopic (exact) mass is 360 g/mol. The van der Waals surface area contributed by atoms with Crippen molar-refractivity contribution in [2.45, 2.75) is 0 Å². The fourth-order valence-electron chi connectivity index (χ4n) is 0.736. The van der Waals surface area contributed by atoms with Crippen LogP contribution in [-0.2, 0) is 0 Å². The van der Waals surface area contributed by atoms with Crippen LogP contribution < -0.4 is 4.74 Å². The highest BCUT2D eigenvalue weighted by Gasteiger charge is 2.00. The molecule has 1 aromatic carbocycles. The summed E-state index contributed by atoms with van der Waals surface area (Å²) >= 11 is 11.4. The van der Waals surface area contributed by atoms with Crippen LogP contribution in [0.2, 0.25) is 5.02 Å². The highest BCUT2D eigenvalue weighted by Crippen LogP contribution is 2.26. The predicted octanol–water partition coefficient (Wildman–Crippen LogP) is 3.72. The van der Waals surface area contributed by atoms with Crippen LogP contribution in [0.25, 0.3) is 0 Å². The van der Waals surface area contributed by atoms with Gasteiger partial charge in [0, 0.05) is 8.90 Å². The summed E-state index contributed by atoms with van der Waals surface area (Å²) in [5, 5.41) is 1.48. The number of hydrogen-bond acceptors (Lipinski definition) is 1. The highest BCUT2D eigenvalue weighted by molar-refractivity contribution is 14.1. The van der Waals surface area contributed by atoms with Gasteiger partial charge in [0.05, 0.1) is 11.6 Å². The molecule has 0 radical (unpaired) electrons. The lowest BCUT2D eigenvalue weighted by Crippen LogP contribution is -1.98. The molecule has 1 nitrogen and oxygen atoms in total. The summed E-state index contributed by atoms with van der Waals surface area (Å²) in [7, 11) is 0. The summed E-state index contributed by atoms with van der Waals surface area (Å²) in [5.74, 6) is 0.753. The molecule has 0 bridgehead atoms. The first-order valence-corrected chi connectivity index (χ1v) is 5.95. The van der Waals surface area contributed by atoms with Gasteiger partial charge < -0.3 is 4.74 Å². The molecule has 0 saturated heterocycles. The molecule has 0 heterocycles. The van der Waals surface area contributed by atoms with E-state index in [2.05, 4.69) is 38.5 Å². The van der Waals surface area contributed by atoms with E-state index >= 15 is 0 Å². The smallest absolute Gasteiger partial charge is 0.138 e. The van der Waals surface area contributed by atoms with Crippen LogP contribution in [0, 0.1) is 3.57 Å². The minimum atomic E-state index is 0.639. The second kappa shape index (κ2) is 5.29. The summed E-state index contributed by atoms with van der Waals surface area (Å²) in [6, 6.07) is 5.71. The Balaban J connectivity index is 2.75. The maximum atomic E-state index is 5.89. The van der Waals surface area contributed by atoms with Crippen molar-refractivity contribution in [3.63, 3.8) is 0 Å². The third-order valence-electron chi connectivity index (χ3n) is 1.23. The lowest BCUT2D eigenvalue weighted by molar-refractivity contribution is 0.345. The van der Waals surface area contributed by atoms with E-state index < -0.39 is 0 Å². The fraction of sp³-hybridized carbons (Fsp3) is 0.250. The molecular formula is C8H7BrClIO. The number of alkyl halides is 1. The quantitative estimate of drug-likeness (QED) is 0.589. The van der Waals surface area contributed by atoms with Gasteiger partial charge in [0.15, 0.2) is 0 Å². The molecule has 0 saturated carbocycles. The van der Waals surface area contributed by atoms with Crippen LogP contribution in [-0.4, -0.2) is 11.9 Å². The molecule has 4 heteroatoms. The molecule has 0 atom stereocenters. The van der Waals surface area contributed by atoms with Crippen molar-refractivity contribution >= 4 is 50.1 Å². The molecule has 0 amide bonds. The first kappa shape index (κ1) is 10.6. The van der Waals surface area contributed by atoms with Gasteiger partial charge >= 0.3 is 0 Å². The summed E-state index contributed by atoms with van der Waals surface area (Å²) in [5.41, 5.74) is 0. The average molecular weight is 361 g/mol. The summed E-state index contributed by atoms with van der Waals surface area (Å²) < 4.78 is 6.51. The summed E-state index contributed by atoms with van der Waals surface area (Å²) in [6.45, 7) is 0.639. The number of benzene rings is 1. The van der Waals surface area contributed by atoms with Crippen molar-refractivity contribution in [2.75, 3.05) is 11.9 Å². The Kier molecular flexibility index (Phi) is 4.68. The number of ether oxygens (including phenoxy) is 1. The Morgan fingerprint density at radius 3 is 2.92 bits per heavy atom. The molecule has 0 aliphatic carbocycles. The predicted molar refractivity (Wildman–Crippen MR) is 63.5 cm³/mol. The third kappa shape index (κ3) is 3.11. The van der Waals surface area contributed by atoms with Crippen LogP contribution in [0.4, 0.5) is 0 Å². The van der Waals surface area contributed by atoms with Gasteiger partial charge in [-0.05, 0) is 40.8 Å². The zero-order chi connectivity index (χ0) is 8.97. The Labute approximate surface area is 98.7 Å². The maximum absolute atomic E-state index is 5.89. The summed E-state index contributed by atoms with van der Waals surface area (Å²) in [6.07, 6.45) is 0. The van der Waals surface area contributed by atoms with Gasteiger partial charge in [0.25, 0.3) is 0 Å². The van der Waals surface area contributed by atoms with Gasteiger partial charge in [-0.1, -0.05) is 27.5 Å². The minimum absolute atomic E-state index is 0.639. The second-order valence-corrected chi connectivity index (χ2v) is 4.56. The molecule has 0 spiro atoms. The Morgan fingerprint density at radius 1 is 1.50 bits per heavy atom. The van der Waals surface area contributed by atoms with E-state index in [-0.39, 0.29) is 0 Å². The van der Waals surface area contributed by atoms with Crippen molar-refractivity contribution in [1.29, 1.82) is 0 Å². The Hall–Kier alpha value is 0.520. The normalized spacial score (nSPS) is 9.92. The van der Waals surface area contributed by atoms with Gasteiger partial charge in [-0.25, -0.2) is 0 Å². The highest BCUT2D eigenvalue weighted by atomic mass is 127. The van der Waals surface area contributed by atoms with Crippen LogP contribution in [0.1, 0.15) is 0 Å². The molecule has 0 aliphatic rings. The molecule has 1 aromatic rings. The molecule has 0 unspecified atom stereocenters. The van der Waals surface area contributed by atoms with E-state index in [0.717, 1.165) is 14.6 Å². The number of halogens is 3. The van der Waals surface area contributed by atoms with Crippen molar-refractivity contribution in [3.8, 4) is 5.75 Å². The molecule has 12 heavy (non-hydrogen) atoms. The zero-order valence-electron chi connectivity index (χ0n) is 6.19. The van der Waals surface area contributed by atoms with Crippen molar-refractivity contribution in [2.24, 2.45) is 0 Å². The summed E-state index contributed by atoms with van der Waals surface area (Å²) in [4.78, 5) is 0. The number of hydrogen-bond donors (Lipinski definition) is 0. The van der Waals surface area contributed by atoms with Crippen molar-refractivity contribution in [1.82, 2.24) is 0 Å². The zero-order valence-corrected chi connectivity index (χ0v) is 10.7. The largest absolute Gasteiger partial charge is 0.491 e. The molecule has 0 aromatic heterocycles. The molecule has 0 N–H and O–H groups in total. The fourth-order valence-corrected chi connectivity index (χ4v) is 1.53. The van der Waals surface area contributed by atoms with Crippen molar-refractivity contribution < 1.29 is 4.74 Å². The van der Waals surface area contributed by atoms with Gasteiger partial charge in [0.2, 0.25) is 0 Å². The lowest BCUT2D eigenvalue weighted by atomic mass is 10.3. The number of rotatable bonds is 3. The van der Waals surface area contributed by atoms with Crippen molar-refractivity contribution in [3.05, 3.63) is 26.8 Å². The third-order valence-corrected chi connectivity index (χ3v) is 2.53. The maximum Gasteiger partial charge on any atom is 0.138 e. The second-order valence-electron chi connectivity index (χ2n) is 2.11. The van der Waals surface area contributed by atoms with Crippen LogP contribution in [0.15, 0.2) is 18.2 Å². The van der Waals surface area contributed by atoms with E-state index in [1.54, 1.807) is 0 Å². The standard InChI is InChI=1S/C8H7BrClIO/c9-3-4-12-8-5-6(11)1-2-7(8)10/h1-2,5H,3-4H2.